The Balaban J connectivity index is 1.67. The number of para-hydroxylation sites is 1. The lowest BCUT2D eigenvalue weighted by Crippen LogP contribution is -2.33. The fourth-order valence-corrected chi connectivity index (χ4v) is 3.56. The molecule has 1 saturated carbocycles. The first kappa shape index (κ1) is 14.4. The third kappa shape index (κ3) is 2.43. The number of nitrogens with zero attached hydrogens (tertiary/aromatic N) is 1. The highest BCUT2D eigenvalue weighted by Crippen LogP contribution is 2.41. The summed E-state index contributed by atoms with van der Waals surface area (Å²) in [5.41, 5.74) is 5.98. The molecule has 1 amide bonds. The Morgan fingerprint density at radius 2 is 2.09 bits per heavy atom. The number of carbonyl (C=O) groups excluding carboxylic acids is 1. The number of rotatable bonds is 2. The summed E-state index contributed by atoms with van der Waals surface area (Å²) >= 11 is 0. The summed E-state index contributed by atoms with van der Waals surface area (Å²) in [7, 11) is 0. The lowest BCUT2D eigenvalue weighted by molar-refractivity contribution is 0.0779. The summed E-state index contributed by atoms with van der Waals surface area (Å²) in [5, 5.41) is 0.246. The quantitative estimate of drug-likeness (QED) is 0.881. The van der Waals surface area contributed by atoms with E-state index in [1.807, 2.05) is 0 Å². The Morgan fingerprint density at radius 3 is 2.83 bits per heavy atom. The molecule has 2 unspecified atom stereocenters. The molecule has 4 rings (SSSR count). The lowest BCUT2D eigenvalue weighted by Gasteiger charge is -2.16. The van der Waals surface area contributed by atoms with Crippen molar-refractivity contribution < 1.29 is 9.18 Å². The zero-order valence-electron chi connectivity index (χ0n) is 12.6. The molecular weight excluding hydrogens is 297 g/mol. The summed E-state index contributed by atoms with van der Waals surface area (Å²) in [6, 6.07) is 5.52. The van der Waals surface area contributed by atoms with E-state index in [1.54, 1.807) is 11.0 Å². The molecule has 2 atom stereocenters. The van der Waals surface area contributed by atoms with Crippen molar-refractivity contribution >= 4 is 16.8 Å². The van der Waals surface area contributed by atoms with Gasteiger partial charge >= 0.3 is 0 Å². The summed E-state index contributed by atoms with van der Waals surface area (Å²) < 4.78 is 13.9. The van der Waals surface area contributed by atoms with Crippen LogP contribution in [-0.4, -0.2) is 34.9 Å². The van der Waals surface area contributed by atoms with Gasteiger partial charge in [0, 0.05) is 30.6 Å². The van der Waals surface area contributed by atoms with Crippen LogP contribution in [0.1, 0.15) is 23.3 Å². The zero-order chi connectivity index (χ0) is 16.1. The molecule has 23 heavy (non-hydrogen) atoms. The van der Waals surface area contributed by atoms with E-state index >= 15 is 0 Å². The van der Waals surface area contributed by atoms with Crippen molar-refractivity contribution in [1.82, 2.24) is 9.88 Å². The highest BCUT2D eigenvalue weighted by molar-refractivity contribution is 5.95. The molecule has 1 aromatic carbocycles. The number of nitrogens with two attached hydrogens (primary N) is 1. The number of aromatic amines is 1. The number of benzene rings is 1. The lowest BCUT2D eigenvalue weighted by atomic mass is 9.99. The third-order valence-corrected chi connectivity index (χ3v) is 4.97. The molecule has 1 aromatic heterocycles. The van der Waals surface area contributed by atoms with E-state index in [9.17, 15) is 14.0 Å². The Hall–Kier alpha value is -2.21. The van der Waals surface area contributed by atoms with Crippen LogP contribution < -0.4 is 11.2 Å². The number of amides is 1. The monoisotopic (exact) mass is 315 g/mol. The molecule has 2 aliphatic rings. The number of carbonyl (C=O) groups is 1. The fraction of sp³-hybridized carbons (Fsp3) is 0.412. The van der Waals surface area contributed by atoms with Crippen molar-refractivity contribution in [3.8, 4) is 0 Å². The van der Waals surface area contributed by atoms with E-state index in [0.29, 0.717) is 24.9 Å². The number of aromatic nitrogens is 1. The molecule has 120 valence electrons. The van der Waals surface area contributed by atoms with Crippen molar-refractivity contribution in [1.29, 1.82) is 0 Å². The van der Waals surface area contributed by atoms with Gasteiger partial charge in [-0.15, -0.1) is 0 Å². The van der Waals surface area contributed by atoms with Crippen LogP contribution in [0.15, 0.2) is 29.1 Å². The highest BCUT2D eigenvalue weighted by Gasteiger charge is 2.42. The number of nitrogens with one attached hydrogen (secondary N) is 1. The molecule has 0 spiro atoms. The molecule has 3 N–H and O–H groups in total. The van der Waals surface area contributed by atoms with E-state index in [-0.39, 0.29) is 34.0 Å². The van der Waals surface area contributed by atoms with Gasteiger partial charge in [-0.1, -0.05) is 6.07 Å². The fourth-order valence-electron chi connectivity index (χ4n) is 3.56. The smallest absolute Gasteiger partial charge is 0.270 e. The number of pyridine rings is 1. The van der Waals surface area contributed by atoms with Crippen molar-refractivity contribution in [2.75, 3.05) is 13.1 Å². The van der Waals surface area contributed by atoms with E-state index in [2.05, 4.69) is 4.98 Å². The maximum absolute atomic E-state index is 13.9. The maximum Gasteiger partial charge on any atom is 0.270 e. The number of hydrogen-bond donors (Lipinski definition) is 2. The van der Waals surface area contributed by atoms with Gasteiger partial charge in [0.15, 0.2) is 5.43 Å². The van der Waals surface area contributed by atoms with E-state index < -0.39 is 5.82 Å². The van der Waals surface area contributed by atoms with Gasteiger partial charge in [0.1, 0.15) is 11.5 Å². The van der Waals surface area contributed by atoms with Crippen molar-refractivity contribution in [3.63, 3.8) is 0 Å². The molecule has 1 aliphatic heterocycles. The normalized spacial score (nSPS) is 24.3. The molecule has 0 bridgehead atoms. The standard InChI is InChI=1S/C17H18FN3O2/c18-12-3-1-2-10-15(22)6-14(20-16(10)12)17(23)21-7-11(9-4-5-9)13(19)8-21/h1-3,6,9,11,13H,4-5,7-8,19H2,(H,20,22). The third-order valence-electron chi connectivity index (χ3n) is 4.97. The van der Waals surface area contributed by atoms with Gasteiger partial charge in [-0.25, -0.2) is 4.39 Å². The molecule has 1 saturated heterocycles. The van der Waals surface area contributed by atoms with Crippen LogP contribution in [0.25, 0.3) is 10.9 Å². The summed E-state index contributed by atoms with van der Waals surface area (Å²) in [5.74, 6) is 0.132. The van der Waals surface area contributed by atoms with Crippen molar-refractivity contribution in [3.05, 3.63) is 46.0 Å². The first-order valence-electron chi connectivity index (χ1n) is 7.91. The maximum atomic E-state index is 13.9. The molecule has 6 heteroatoms. The average Bonchev–Trinajstić information content (AvgIpc) is 3.30. The number of H-pyrrole nitrogens is 1. The van der Waals surface area contributed by atoms with Crippen LogP contribution in [0.5, 0.6) is 0 Å². The summed E-state index contributed by atoms with van der Waals surface area (Å²) in [4.78, 5) is 29.3. The van der Waals surface area contributed by atoms with Crippen molar-refractivity contribution in [2.24, 2.45) is 17.6 Å². The molecule has 1 aliphatic carbocycles. The van der Waals surface area contributed by atoms with Gasteiger partial charge in [-0.05, 0) is 36.8 Å². The number of halogens is 1. The van der Waals surface area contributed by atoms with Crippen LogP contribution in [0.4, 0.5) is 4.39 Å². The minimum absolute atomic E-state index is 0.0182. The molecule has 2 aromatic rings. The molecule has 5 nitrogen and oxygen atoms in total. The summed E-state index contributed by atoms with van der Waals surface area (Å²) in [6.45, 7) is 1.10. The van der Waals surface area contributed by atoms with Crippen molar-refractivity contribution in [2.45, 2.75) is 18.9 Å². The van der Waals surface area contributed by atoms with Gasteiger partial charge < -0.3 is 15.6 Å². The summed E-state index contributed by atoms with van der Waals surface area (Å²) in [6.07, 6.45) is 2.36. The average molecular weight is 315 g/mol. The zero-order valence-corrected chi connectivity index (χ0v) is 12.6. The highest BCUT2D eigenvalue weighted by atomic mass is 19.1. The number of likely N-dealkylation sites (tertiary alicyclic amines) is 1. The van der Waals surface area contributed by atoms with Crippen LogP contribution in [0.2, 0.25) is 0 Å². The van der Waals surface area contributed by atoms with Gasteiger partial charge in [0.25, 0.3) is 5.91 Å². The van der Waals surface area contributed by atoms with Crippen LogP contribution in [-0.2, 0) is 0 Å². The van der Waals surface area contributed by atoms with Gasteiger partial charge in [-0.3, -0.25) is 9.59 Å². The number of fused-ring (bicyclic) bond motifs is 1. The van der Waals surface area contributed by atoms with Crippen LogP contribution in [0.3, 0.4) is 0 Å². The SMILES string of the molecule is NC1CN(C(=O)c2cc(=O)c3cccc(F)c3[nH]2)CC1C1CC1. The Labute approximate surface area is 132 Å². The molecule has 2 fully saturated rings. The Kier molecular flexibility index (Phi) is 3.23. The Morgan fingerprint density at radius 1 is 1.30 bits per heavy atom. The van der Waals surface area contributed by atoms with Crippen LogP contribution in [0, 0.1) is 17.7 Å². The van der Waals surface area contributed by atoms with E-state index in [0.717, 1.165) is 0 Å². The van der Waals surface area contributed by atoms with E-state index in [4.69, 9.17) is 5.73 Å². The predicted octanol–water partition coefficient (Wildman–Crippen LogP) is 1.48. The van der Waals surface area contributed by atoms with Crippen LogP contribution >= 0.6 is 0 Å². The van der Waals surface area contributed by atoms with Gasteiger partial charge in [0.05, 0.1) is 5.52 Å². The van der Waals surface area contributed by atoms with E-state index in [1.165, 1.54) is 31.0 Å². The second-order valence-electron chi connectivity index (χ2n) is 6.58. The minimum Gasteiger partial charge on any atom is -0.348 e. The van der Waals surface area contributed by atoms with Gasteiger partial charge in [-0.2, -0.15) is 0 Å². The first-order valence-corrected chi connectivity index (χ1v) is 7.91. The first-order chi connectivity index (χ1) is 11.0. The molecular formula is C17H18FN3O2. The minimum atomic E-state index is -0.539. The largest absolute Gasteiger partial charge is 0.348 e. The molecule has 2 heterocycles. The Bertz CT molecular complexity index is 843. The van der Waals surface area contributed by atoms with Gasteiger partial charge in [0.2, 0.25) is 0 Å². The predicted molar refractivity (Wildman–Crippen MR) is 84.6 cm³/mol. The second kappa shape index (κ2) is 5.16. The molecule has 0 radical (unpaired) electrons. The second-order valence-corrected chi connectivity index (χ2v) is 6.58. The topological polar surface area (TPSA) is 79.2 Å². The number of hydrogen-bond acceptors (Lipinski definition) is 3.